The minimum Gasteiger partial charge on any atom is -0.354 e. The Labute approximate surface area is 133 Å². The van der Waals surface area contributed by atoms with Gasteiger partial charge in [0.2, 0.25) is 11.8 Å². The normalized spacial score (nSPS) is 26.7. The minimum absolute atomic E-state index is 0. The Balaban J connectivity index is 0.00000220. The van der Waals surface area contributed by atoms with E-state index in [2.05, 4.69) is 19.2 Å². The minimum atomic E-state index is -0.0165. The van der Waals surface area contributed by atoms with Crippen LogP contribution in [0, 0.1) is 11.3 Å². The van der Waals surface area contributed by atoms with E-state index in [1.54, 1.807) is 0 Å². The van der Waals surface area contributed by atoms with Crippen molar-refractivity contribution in [2.24, 2.45) is 17.1 Å². The molecule has 2 rings (SSSR count). The molecule has 2 atom stereocenters. The third kappa shape index (κ3) is 4.58. The summed E-state index contributed by atoms with van der Waals surface area (Å²) in [6, 6.07) is 0.161. The molecule has 2 aliphatic rings. The van der Waals surface area contributed by atoms with Gasteiger partial charge in [0, 0.05) is 38.0 Å². The number of carbonyl (C=O) groups is 2. The number of nitrogens with zero attached hydrogens (tertiary/aromatic N) is 1. The fourth-order valence-corrected chi connectivity index (χ4v) is 3.04. The molecule has 1 aliphatic heterocycles. The summed E-state index contributed by atoms with van der Waals surface area (Å²) in [5.74, 6) is 0.452. The molecule has 1 saturated heterocycles. The van der Waals surface area contributed by atoms with E-state index in [-0.39, 0.29) is 41.6 Å². The third-order valence-electron chi connectivity index (χ3n) is 4.63. The second kappa shape index (κ2) is 7.45. The van der Waals surface area contributed by atoms with Crippen LogP contribution < -0.4 is 11.1 Å². The maximum Gasteiger partial charge on any atom is 0.226 e. The van der Waals surface area contributed by atoms with Crippen LogP contribution in [0.5, 0.6) is 0 Å². The van der Waals surface area contributed by atoms with Crippen molar-refractivity contribution >= 4 is 24.2 Å². The first-order chi connectivity index (χ1) is 9.45. The number of carbonyl (C=O) groups excluding carboxylic acids is 2. The molecule has 21 heavy (non-hydrogen) atoms. The van der Waals surface area contributed by atoms with Crippen LogP contribution in [-0.2, 0) is 9.59 Å². The van der Waals surface area contributed by atoms with Crippen molar-refractivity contribution in [3.05, 3.63) is 0 Å². The molecular formula is C15H28ClN3O2. The molecule has 0 aromatic heterocycles. The largest absolute Gasteiger partial charge is 0.354 e. The van der Waals surface area contributed by atoms with E-state index in [0.717, 1.165) is 32.2 Å². The highest BCUT2D eigenvalue weighted by molar-refractivity contribution is 5.85. The lowest BCUT2D eigenvalue weighted by Crippen LogP contribution is -2.50. The van der Waals surface area contributed by atoms with Crippen LogP contribution in [0.3, 0.4) is 0 Å². The third-order valence-corrected chi connectivity index (χ3v) is 4.63. The molecule has 6 heteroatoms. The average molecular weight is 318 g/mol. The van der Waals surface area contributed by atoms with E-state index in [4.69, 9.17) is 5.73 Å². The number of amides is 2. The summed E-state index contributed by atoms with van der Waals surface area (Å²) in [6.07, 6.45) is 4.55. The number of likely N-dealkylation sites (tertiary alicyclic amines) is 1. The highest BCUT2D eigenvalue weighted by Crippen LogP contribution is 2.52. The highest BCUT2D eigenvalue weighted by Gasteiger charge is 2.52. The van der Waals surface area contributed by atoms with Crippen molar-refractivity contribution in [3.63, 3.8) is 0 Å². The van der Waals surface area contributed by atoms with Crippen LogP contribution in [0.15, 0.2) is 0 Å². The fraction of sp³-hybridized carbons (Fsp3) is 0.867. The Hall–Kier alpha value is -0.810. The number of nitrogens with two attached hydrogens (primary N) is 1. The lowest BCUT2D eigenvalue weighted by atomic mass is 10.00. The Kier molecular flexibility index (Phi) is 6.47. The summed E-state index contributed by atoms with van der Waals surface area (Å²) < 4.78 is 0. The number of halogens is 1. The molecule has 0 spiro atoms. The van der Waals surface area contributed by atoms with Crippen molar-refractivity contribution in [1.82, 2.24) is 10.2 Å². The molecule has 1 heterocycles. The van der Waals surface area contributed by atoms with Gasteiger partial charge >= 0.3 is 0 Å². The SMILES string of the molecule is CC1(C)CC1C(=O)N1CCCCC1CNC(=O)CCN.Cl. The first-order valence-corrected chi connectivity index (χ1v) is 7.73. The monoisotopic (exact) mass is 317 g/mol. The summed E-state index contributed by atoms with van der Waals surface area (Å²) in [4.78, 5) is 26.1. The first kappa shape index (κ1) is 18.2. The topological polar surface area (TPSA) is 75.4 Å². The molecule has 1 saturated carbocycles. The van der Waals surface area contributed by atoms with E-state index >= 15 is 0 Å². The molecule has 2 amide bonds. The van der Waals surface area contributed by atoms with Crippen LogP contribution in [-0.4, -0.2) is 42.4 Å². The molecule has 2 unspecified atom stereocenters. The maximum absolute atomic E-state index is 12.6. The molecule has 0 radical (unpaired) electrons. The number of piperidine rings is 1. The number of nitrogens with one attached hydrogen (secondary N) is 1. The summed E-state index contributed by atoms with van der Waals surface area (Å²) in [6.45, 7) is 6.07. The predicted molar refractivity (Wildman–Crippen MR) is 85.2 cm³/mol. The van der Waals surface area contributed by atoms with Crippen molar-refractivity contribution in [1.29, 1.82) is 0 Å². The highest BCUT2D eigenvalue weighted by atomic mass is 35.5. The van der Waals surface area contributed by atoms with Crippen LogP contribution >= 0.6 is 12.4 Å². The Morgan fingerprint density at radius 1 is 1.33 bits per heavy atom. The van der Waals surface area contributed by atoms with Crippen LogP contribution in [0.25, 0.3) is 0 Å². The zero-order chi connectivity index (χ0) is 14.8. The summed E-state index contributed by atoms with van der Waals surface area (Å²) in [5, 5.41) is 2.91. The van der Waals surface area contributed by atoms with E-state index < -0.39 is 0 Å². The molecule has 1 aliphatic carbocycles. The molecule has 122 valence electrons. The summed E-state index contributed by atoms with van der Waals surface area (Å²) >= 11 is 0. The molecule has 5 nitrogen and oxygen atoms in total. The number of hydrogen-bond acceptors (Lipinski definition) is 3. The van der Waals surface area contributed by atoms with Crippen LogP contribution in [0.1, 0.15) is 46.0 Å². The lowest BCUT2D eigenvalue weighted by molar-refractivity contribution is -0.137. The molecular weight excluding hydrogens is 290 g/mol. The van der Waals surface area contributed by atoms with E-state index in [1.165, 1.54) is 0 Å². The van der Waals surface area contributed by atoms with Gasteiger partial charge in [-0.1, -0.05) is 13.8 Å². The van der Waals surface area contributed by atoms with Gasteiger partial charge in [-0.05, 0) is 31.1 Å². The summed E-state index contributed by atoms with van der Waals surface area (Å²) in [5.41, 5.74) is 5.53. The van der Waals surface area contributed by atoms with E-state index in [1.807, 2.05) is 4.90 Å². The average Bonchev–Trinajstić information content (AvgIpc) is 3.05. The van der Waals surface area contributed by atoms with E-state index in [9.17, 15) is 9.59 Å². The van der Waals surface area contributed by atoms with Gasteiger partial charge in [-0.25, -0.2) is 0 Å². The molecule has 2 fully saturated rings. The molecule has 0 aromatic carbocycles. The number of hydrogen-bond donors (Lipinski definition) is 2. The predicted octanol–water partition coefficient (Wildman–Crippen LogP) is 1.30. The van der Waals surface area contributed by atoms with Crippen molar-refractivity contribution in [2.45, 2.75) is 52.0 Å². The van der Waals surface area contributed by atoms with Gasteiger partial charge in [0.05, 0.1) is 0 Å². The quantitative estimate of drug-likeness (QED) is 0.802. The standard InChI is InChI=1S/C15H27N3O2.ClH/c1-15(2)9-12(15)14(20)18-8-4-3-5-11(18)10-17-13(19)6-7-16;/h11-12H,3-10,16H2,1-2H3,(H,17,19);1H. The molecule has 0 aromatic rings. The maximum atomic E-state index is 12.6. The Bertz CT molecular complexity index is 387. The first-order valence-electron chi connectivity index (χ1n) is 7.73. The van der Waals surface area contributed by atoms with Crippen LogP contribution in [0.4, 0.5) is 0 Å². The second-order valence-corrected chi connectivity index (χ2v) is 6.77. The molecule has 0 bridgehead atoms. The van der Waals surface area contributed by atoms with E-state index in [0.29, 0.717) is 19.5 Å². The zero-order valence-electron chi connectivity index (χ0n) is 13.1. The van der Waals surface area contributed by atoms with Crippen LogP contribution in [0.2, 0.25) is 0 Å². The van der Waals surface area contributed by atoms with Gasteiger partial charge in [-0.15, -0.1) is 12.4 Å². The Morgan fingerprint density at radius 2 is 2.00 bits per heavy atom. The van der Waals surface area contributed by atoms with Gasteiger partial charge in [0.1, 0.15) is 0 Å². The molecule has 3 N–H and O–H groups in total. The van der Waals surface area contributed by atoms with Gasteiger partial charge < -0.3 is 16.0 Å². The van der Waals surface area contributed by atoms with Gasteiger partial charge in [0.15, 0.2) is 0 Å². The van der Waals surface area contributed by atoms with Gasteiger partial charge in [-0.2, -0.15) is 0 Å². The Morgan fingerprint density at radius 3 is 2.57 bits per heavy atom. The smallest absolute Gasteiger partial charge is 0.226 e. The van der Waals surface area contributed by atoms with Crippen molar-refractivity contribution in [3.8, 4) is 0 Å². The number of rotatable bonds is 5. The van der Waals surface area contributed by atoms with Gasteiger partial charge in [0.25, 0.3) is 0 Å². The lowest BCUT2D eigenvalue weighted by Gasteiger charge is -2.36. The summed E-state index contributed by atoms with van der Waals surface area (Å²) in [7, 11) is 0. The second-order valence-electron chi connectivity index (χ2n) is 6.77. The zero-order valence-corrected chi connectivity index (χ0v) is 13.9. The fourth-order valence-electron chi connectivity index (χ4n) is 3.04. The van der Waals surface area contributed by atoms with Gasteiger partial charge in [-0.3, -0.25) is 9.59 Å². The van der Waals surface area contributed by atoms with Crippen molar-refractivity contribution < 1.29 is 9.59 Å². The van der Waals surface area contributed by atoms with Crippen molar-refractivity contribution in [2.75, 3.05) is 19.6 Å².